The number of benzene rings is 1. The Hall–Kier alpha value is -2.39. The number of hydrogen-bond donors (Lipinski definition) is 1. The van der Waals surface area contributed by atoms with Gasteiger partial charge >= 0.3 is 225 Å². The van der Waals surface area contributed by atoms with E-state index in [0.29, 0.717) is 49.1 Å². The van der Waals surface area contributed by atoms with Gasteiger partial charge in [-0.05, 0) is 0 Å². The number of nitrogens with zero attached hydrogens (tertiary/aromatic N) is 4. The zero-order valence-corrected chi connectivity index (χ0v) is 23.1. The van der Waals surface area contributed by atoms with Crippen LogP contribution >= 0.6 is 0 Å². The number of aliphatic hydroxyl groups excluding tert-OH is 1. The summed E-state index contributed by atoms with van der Waals surface area (Å²) in [5.74, 6) is -1.08. The fourth-order valence-corrected chi connectivity index (χ4v) is 8.89. The van der Waals surface area contributed by atoms with Crippen LogP contribution in [0, 0.1) is 11.7 Å². The van der Waals surface area contributed by atoms with Crippen molar-refractivity contribution in [2.75, 3.05) is 31.1 Å². The van der Waals surface area contributed by atoms with Gasteiger partial charge in [0.05, 0.1) is 0 Å². The average molecular weight is 598 g/mol. The molecular weight excluding hydrogens is 567 g/mol. The third-order valence-corrected chi connectivity index (χ3v) is 10.8. The summed E-state index contributed by atoms with van der Waals surface area (Å²) < 4.78 is 56.1. The first kappa shape index (κ1) is 27.2. The first-order valence-corrected chi connectivity index (χ1v) is 15.9. The predicted octanol–water partition coefficient (Wildman–Crippen LogP) is 4.17. The molecule has 206 valence electrons. The standard InChI is InChI=1S/C26H31AsF4N4O3/c1-15-10-20(36)23-22(15)24(33-14-32-23)34-6-8-35(9-7-34)25(37)18(13-27-12-16-2-3-16)17-4-5-21(19(28)11-17)38-26(29,30)31/h4-5,11,14-16,18,20,27,36H,2-3,6-10,12-13H2,1H3/t15-,18?,20-/m1/s1. The first-order valence-electron chi connectivity index (χ1n) is 12.9. The first-order chi connectivity index (χ1) is 18.1. The summed E-state index contributed by atoms with van der Waals surface area (Å²) in [6.45, 7) is 4.05. The van der Waals surface area contributed by atoms with Gasteiger partial charge in [-0.25, -0.2) is 0 Å². The molecule has 2 unspecified atom stereocenters. The van der Waals surface area contributed by atoms with Crippen molar-refractivity contribution in [1.82, 2.24) is 14.9 Å². The number of aliphatic hydroxyl groups is 1. The topological polar surface area (TPSA) is 78.8 Å². The van der Waals surface area contributed by atoms with Crippen molar-refractivity contribution in [2.24, 2.45) is 5.92 Å². The Kier molecular flexibility index (Phi) is 7.87. The van der Waals surface area contributed by atoms with Crippen LogP contribution in [0.3, 0.4) is 0 Å². The Labute approximate surface area is 225 Å². The molecule has 2 fully saturated rings. The van der Waals surface area contributed by atoms with E-state index >= 15 is 0 Å². The van der Waals surface area contributed by atoms with Crippen LogP contribution in [0.2, 0.25) is 10.4 Å². The summed E-state index contributed by atoms with van der Waals surface area (Å²) in [5.41, 5.74) is 2.02. The molecule has 12 heteroatoms. The Morgan fingerprint density at radius 3 is 2.61 bits per heavy atom. The SMILES string of the molecule is C[C@@H]1C[C@@H](O)c2ncnc(N3CCN(C(=O)C(C[AsH]CC4CC4)c4ccc(OC(F)(F)F)c(F)c4)CC3)c21. The van der Waals surface area contributed by atoms with E-state index in [2.05, 4.69) is 19.6 Å². The zero-order valence-electron chi connectivity index (χ0n) is 21.0. The van der Waals surface area contributed by atoms with Gasteiger partial charge in [-0.1, -0.05) is 0 Å². The second-order valence-corrected chi connectivity index (χ2v) is 13.1. The summed E-state index contributed by atoms with van der Waals surface area (Å²) in [7, 11) is 0. The molecule has 1 aromatic carbocycles. The number of amides is 1. The number of anilines is 1. The molecule has 0 spiro atoms. The van der Waals surface area contributed by atoms with Crippen LogP contribution in [0.1, 0.15) is 60.9 Å². The van der Waals surface area contributed by atoms with Crippen molar-refractivity contribution in [2.45, 2.75) is 60.9 Å². The quantitative estimate of drug-likeness (QED) is 0.363. The molecule has 4 atom stereocenters. The van der Waals surface area contributed by atoms with E-state index in [4.69, 9.17) is 0 Å². The molecule has 5 rings (SSSR count). The fourth-order valence-electron chi connectivity index (χ4n) is 5.36. The Morgan fingerprint density at radius 2 is 1.95 bits per heavy atom. The van der Waals surface area contributed by atoms with E-state index in [0.717, 1.165) is 34.6 Å². The monoisotopic (exact) mass is 598 g/mol. The number of rotatable bonds is 8. The molecule has 2 heterocycles. The van der Waals surface area contributed by atoms with Gasteiger partial charge < -0.3 is 0 Å². The zero-order chi connectivity index (χ0) is 27.0. The van der Waals surface area contributed by atoms with Crippen molar-refractivity contribution >= 4 is 27.5 Å². The van der Waals surface area contributed by atoms with E-state index in [-0.39, 0.29) is 11.8 Å². The van der Waals surface area contributed by atoms with Crippen molar-refractivity contribution in [3.63, 3.8) is 0 Å². The number of alkyl halides is 3. The van der Waals surface area contributed by atoms with Gasteiger partial charge in [0, 0.05) is 0 Å². The molecule has 0 radical (unpaired) electrons. The minimum atomic E-state index is -4.99. The van der Waals surface area contributed by atoms with E-state index < -0.39 is 45.7 Å². The average Bonchev–Trinajstić information content (AvgIpc) is 3.66. The number of carbonyl (C=O) groups is 1. The number of hydrogen-bond acceptors (Lipinski definition) is 6. The maximum absolute atomic E-state index is 14.5. The van der Waals surface area contributed by atoms with Crippen LogP contribution in [0.5, 0.6) is 5.75 Å². The Balaban J connectivity index is 1.29. The van der Waals surface area contributed by atoms with Crippen molar-refractivity contribution < 1.29 is 32.2 Å². The Morgan fingerprint density at radius 1 is 1.21 bits per heavy atom. The number of halogens is 4. The number of carbonyl (C=O) groups excluding carboxylic acids is 1. The van der Waals surface area contributed by atoms with Crippen LogP contribution in [0.4, 0.5) is 23.4 Å². The van der Waals surface area contributed by atoms with Crippen molar-refractivity contribution in [3.05, 3.63) is 47.2 Å². The van der Waals surface area contributed by atoms with E-state index in [9.17, 15) is 27.5 Å². The molecule has 1 aliphatic heterocycles. The molecule has 1 aromatic heterocycles. The third kappa shape index (κ3) is 6.09. The number of ether oxygens (including phenoxy) is 1. The molecule has 0 bridgehead atoms. The van der Waals surface area contributed by atoms with Crippen LogP contribution < -0.4 is 9.64 Å². The Bertz CT molecular complexity index is 1170. The van der Waals surface area contributed by atoms with Gasteiger partial charge in [-0.2, -0.15) is 0 Å². The molecule has 7 nitrogen and oxygen atoms in total. The number of aromatic nitrogens is 2. The number of fused-ring (bicyclic) bond motifs is 1. The van der Waals surface area contributed by atoms with E-state index in [1.165, 1.54) is 25.2 Å². The van der Waals surface area contributed by atoms with E-state index in [1.807, 2.05) is 6.92 Å². The molecular formula is C26H31AsF4N4O3. The molecule has 38 heavy (non-hydrogen) atoms. The number of piperazine rings is 1. The van der Waals surface area contributed by atoms with Gasteiger partial charge in [-0.15, -0.1) is 0 Å². The predicted molar refractivity (Wildman–Crippen MR) is 134 cm³/mol. The van der Waals surface area contributed by atoms with Gasteiger partial charge in [0.15, 0.2) is 0 Å². The second kappa shape index (κ2) is 11.0. The molecule has 3 aliphatic rings. The summed E-state index contributed by atoms with van der Waals surface area (Å²) in [6.07, 6.45) is -1.09. The van der Waals surface area contributed by atoms with Gasteiger partial charge in [0.25, 0.3) is 0 Å². The normalized spacial score (nSPS) is 22.7. The third-order valence-electron chi connectivity index (χ3n) is 7.53. The molecule has 2 aromatic rings. The van der Waals surface area contributed by atoms with Crippen molar-refractivity contribution in [3.8, 4) is 5.75 Å². The van der Waals surface area contributed by atoms with Crippen LogP contribution in [0.25, 0.3) is 0 Å². The molecule has 1 N–H and O–H groups in total. The van der Waals surface area contributed by atoms with Gasteiger partial charge in [-0.3, -0.25) is 0 Å². The van der Waals surface area contributed by atoms with Gasteiger partial charge in [0.1, 0.15) is 0 Å². The summed E-state index contributed by atoms with van der Waals surface area (Å²) in [6, 6.07) is 3.35. The minimum absolute atomic E-state index is 0.121. The van der Waals surface area contributed by atoms with Gasteiger partial charge in [0.2, 0.25) is 0 Å². The summed E-state index contributed by atoms with van der Waals surface area (Å²) >= 11 is -0.456. The fraction of sp³-hybridized carbons (Fsp3) is 0.577. The molecule has 1 saturated carbocycles. The maximum atomic E-state index is 14.5. The molecule has 1 saturated heterocycles. The van der Waals surface area contributed by atoms with Crippen molar-refractivity contribution in [1.29, 1.82) is 0 Å². The van der Waals surface area contributed by atoms with Crippen LogP contribution in [-0.4, -0.2) is 74.2 Å². The molecule has 2 aliphatic carbocycles. The summed E-state index contributed by atoms with van der Waals surface area (Å²) in [4.78, 5) is 26.3. The second-order valence-electron chi connectivity index (χ2n) is 10.4. The van der Waals surface area contributed by atoms with Crippen LogP contribution in [0.15, 0.2) is 24.5 Å². The van der Waals surface area contributed by atoms with E-state index in [1.54, 1.807) is 4.90 Å². The summed E-state index contributed by atoms with van der Waals surface area (Å²) in [5, 5.41) is 12.0. The van der Waals surface area contributed by atoms with Crippen LogP contribution in [-0.2, 0) is 4.79 Å². The molecule has 1 amide bonds.